The highest BCUT2D eigenvalue weighted by Crippen LogP contribution is 2.46. The van der Waals surface area contributed by atoms with E-state index in [1.54, 1.807) is 0 Å². The number of nitrogens with zero attached hydrogens (tertiary/aromatic N) is 3. The molecule has 0 aromatic heterocycles. The number of aliphatic hydroxyl groups excluding tert-OH is 1. The Bertz CT molecular complexity index is 3810. The van der Waals surface area contributed by atoms with E-state index in [9.17, 15) is 87.1 Å². The minimum atomic E-state index is -2.02. The van der Waals surface area contributed by atoms with E-state index in [1.807, 2.05) is 38.4 Å². The van der Waals surface area contributed by atoms with E-state index in [2.05, 4.69) is 37.2 Å². The van der Waals surface area contributed by atoms with E-state index < -0.39 is 254 Å². The largest absolute Gasteiger partial charge is 0.463 e. The van der Waals surface area contributed by atoms with Crippen LogP contribution in [0.25, 0.3) is 0 Å². The first kappa shape index (κ1) is 109. The predicted octanol–water partition coefficient (Wildman–Crippen LogP) is -1.74. The van der Waals surface area contributed by atoms with Gasteiger partial charge in [-0.2, -0.15) is 5.26 Å². The smallest absolute Gasteiger partial charge is 0.321 e. The van der Waals surface area contributed by atoms with E-state index in [0.29, 0.717) is 0 Å². The quantitative estimate of drug-likeness (QED) is 0.0118. The first-order valence-corrected chi connectivity index (χ1v) is 41.9. The third kappa shape index (κ3) is 40.4. The minimum Gasteiger partial charge on any atom is -0.463 e. The van der Waals surface area contributed by atoms with E-state index >= 15 is 0 Å². The fourth-order valence-electron chi connectivity index (χ4n) is 13.0. The zero-order valence-electron chi connectivity index (χ0n) is 74.1. The molecule has 0 aliphatic carbocycles. The first-order chi connectivity index (χ1) is 60.0. The van der Waals surface area contributed by atoms with Crippen LogP contribution in [0.4, 0.5) is 0 Å². The molecular formula is C79H121N10O37P. The number of carbonyl (C=O) groups excluding carboxylic acids is 16. The van der Waals surface area contributed by atoms with Gasteiger partial charge in [-0.25, -0.2) is 4.67 Å². The summed E-state index contributed by atoms with van der Waals surface area (Å²) in [6, 6.07) is 3.64. The molecule has 8 N–H and O–H groups in total. The van der Waals surface area contributed by atoms with Gasteiger partial charge in [-0.15, -0.1) is 0 Å². The van der Waals surface area contributed by atoms with Crippen molar-refractivity contribution < 1.29 is 176 Å². The molecule has 48 heteroatoms. The molecule has 3 fully saturated rings. The van der Waals surface area contributed by atoms with Gasteiger partial charge in [0.15, 0.2) is 49.4 Å². The zero-order valence-corrected chi connectivity index (χ0v) is 75.0. The predicted molar refractivity (Wildman–Crippen MR) is 432 cm³/mol. The van der Waals surface area contributed by atoms with Crippen LogP contribution in [-0.2, 0) is 162 Å². The van der Waals surface area contributed by atoms with Gasteiger partial charge in [-0.05, 0) is 65.3 Å². The number of esters is 8. The third-order valence-corrected chi connectivity index (χ3v) is 19.9. The molecule has 0 saturated carbocycles. The number of ether oxygens (including phenoxy) is 18. The molecule has 47 nitrogen and oxygen atoms in total. The van der Waals surface area contributed by atoms with Gasteiger partial charge in [0.2, 0.25) is 47.1 Å². The van der Waals surface area contributed by atoms with Crippen molar-refractivity contribution in [1.29, 1.82) is 5.26 Å². The highest BCUT2D eigenvalue weighted by molar-refractivity contribution is 7.45. The van der Waals surface area contributed by atoms with Crippen LogP contribution in [0.2, 0.25) is 0 Å². The molecular weight excluding hydrogens is 1710 g/mol. The van der Waals surface area contributed by atoms with Gasteiger partial charge in [-0.3, -0.25) is 76.7 Å². The molecule has 1 aromatic carbocycles. The summed E-state index contributed by atoms with van der Waals surface area (Å²) >= 11 is 0. The molecule has 127 heavy (non-hydrogen) atoms. The first-order valence-electron chi connectivity index (χ1n) is 40.8. The standard InChI is InChI=1S/C79H121N10O37P/c1-44(2)89(45(3)4)127(117-28-17-24-80)126-59-20-18-58(19-21-59)75(105)86-60(76(106)83-27-31-108-33-36-111-78-68(85-47(6)91)73(122-56(15)100)70(119-53(12)97)63(125-78)42-114-51(10)95)22-23-66(104)88(38-64(102)81-25-29-107-32-35-110-77-67(84-46(5)90)72(121-55(14)99)69(118-52(11)96)62(124-77)41-113-50(9)94)39-65(103)82-26-30-109-34-37-116-79(87-48(7)92)43-115-61(40-112-49(8)93)71(120-54(13)98)74(79)123-57(16)101/h18-21,44-45,55,60-63,67-74,77-78,99H,17,22-23,25-43H2,1-16H3,(H,81,102)(H,82,103)(H,83,106)(H,84,90)(H,85,91)(H,86,105)(H,87,92). The number of nitrogens with one attached hydrogen (secondary N) is 7. The number of hydrogen-bond acceptors (Lipinski definition) is 39. The van der Waals surface area contributed by atoms with Crippen molar-refractivity contribution in [2.45, 2.75) is 240 Å². The topological polar surface area (TPSA) is 592 Å². The summed E-state index contributed by atoms with van der Waals surface area (Å²) in [6.07, 6.45) is -17.6. The van der Waals surface area contributed by atoms with E-state index in [-0.39, 0.29) is 116 Å². The molecule has 3 aliphatic heterocycles. The van der Waals surface area contributed by atoms with Crippen LogP contribution in [0.15, 0.2) is 24.3 Å². The summed E-state index contributed by atoms with van der Waals surface area (Å²) in [4.78, 5) is 207. The summed E-state index contributed by atoms with van der Waals surface area (Å²) in [5.74, 6) is -12.2. The van der Waals surface area contributed by atoms with Crippen molar-refractivity contribution in [1.82, 2.24) is 46.8 Å². The maximum atomic E-state index is 14.7. The molecule has 17 unspecified atom stereocenters. The van der Waals surface area contributed by atoms with Crippen LogP contribution < -0.4 is 41.7 Å². The number of benzene rings is 1. The molecule has 3 aliphatic rings. The lowest BCUT2D eigenvalue weighted by atomic mass is 9.93. The van der Waals surface area contributed by atoms with Crippen molar-refractivity contribution in [3.63, 3.8) is 0 Å². The monoisotopic (exact) mass is 1830 g/mol. The number of aliphatic hydroxyl groups is 1. The average Bonchev–Trinajstić information content (AvgIpc) is 0.773. The van der Waals surface area contributed by atoms with Gasteiger partial charge in [0.25, 0.3) is 5.91 Å². The molecule has 714 valence electrons. The molecule has 0 radical (unpaired) electrons. The van der Waals surface area contributed by atoms with Crippen molar-refractivity contribution in [2.75, 3.05) is 125 Å². The molecule has 17 atom stereocenters. The van der Waals surface area contributed by atoms with Crippen LogP contribution in [-0.4, -0.2) is 345 Å². The summed E-state index contributed by atoms with van der Waals surface area (Å²) in [5.41, 5.74) is -2.00. The molecule has 1 aromatic rings. The Balaban J connectivity index is 1.61. The zero-order chi connectivity index (χ0) is 94.6. The Hall–Kier alpha value is -10.1. The number of rotatable bonds is 55. The minimum absolute atomic E-state index is 0.0127. The third-order valence-electron chi connectivity index (χ3n) is 17.8. The number of hydrogen-bond donors (Lipinski definition) is 8. The molecule has 4 rings (SSSR count). The highest BCUT2D eigenvalue weighted by Gasteiger charge is 2.58. The fraction of sp³-hybridized carbons (Fsp3) is 0.709. The second-order valence-electron chi connectivity index (χ2n) is 29.3. The summed E-state index contributed by atoms with van der Waals surface area (Å²) in [5, 5.41) is 37.8. The molecule has 3 heterocycles. The maximum Gasteiger partial charge on any atom is 0.321 e. The van der Waals surface area contributed by atoms with Crippen molar-refractivity contribution in [2.24, 2.45) is 0 Å². The second-order valence-corrected chi connectivity index (χ2v) is 30.7. The Morgan fingerprint density at radius 3 is 1.43 bits per heavy atom. The fourth-order valence-corrected chi connectivity index (χ4v) is 14.6. The van der Waals surface area contributed by atoms with Crippen molar-refractivity contribution in [3.05, 3.63) is 29.8 Å². The summed E-state index contributed by atoms with van der Waals surface area (Å²) in [7, 11) is -1.78. The van der Waals surface area contributed by atoms with E-state index in [4.69, 9.17) is 94.3 Å². The van der Waals surface area contributed by atoms with Gasteiger partial charge < -0.3 is 142 Å². The van der Waals surface area contributed by atoms with Gasteiger partial charge in [-0.1, -0.05) is 0 Å². The Labute approximate surface area is 735 Å². The normalized spacial score (nSPS) is 22.6. The van der Waals surface area contributed by atoms with Gasteiger partial charge in [0.1, 0.15) is 81.2 Å². The van der Waals surface area contributed by atoms with E-state index in [1.165, 1.54) is 38.1 Å². The molecule has 3 saturated heterocycles. The average molecular weight is 1830 g/mol. The van der Waals surface area contributed by atoms with Crippen LogP contribution in [0.3, 0.4) is 0 Å². The van der Waals surface area contributed by atoms with Gasteiger partial charge in [0.05, 0.1) is 85.2 Å². The Kier molecular flexibility index (Phi) is 49.0. The Morgan fingerprint density at radius 2 is 0.976 bits per heavy atom. The lowest BCUT2D eigenvalue weighted by Crippen LogP contribution is -2.72. The number of amides is 8. The van der Waals surface area contributed by atoms with Crippen LogP contribution in [0, 0.1) is 11.3 Å². The lowest BCUT2D eigenvalue weighted by Gasteiger charge is -2.48. The maximum absolute atomic E-state index is 14.7. The van der Waals surface area contributed by atoms with Gasteiger partial charge >= 0.3 is 56.3 Å². The van der Waals surface area contributed by atoms with Gasteiger partial charge in [0, 0.05) is 120 Å². The summed E-state index contributed by atoms with van der Waals surface area (Å²) < 4.78 is 116. The lowest BCUT2D eigenvalue weighted by molar-refractivity contribution is -0.297. The van der Waals surface area contributed by atoms with Crippen molar-refractivity contribution in [3.8, 4) is 11.8 Å². The second kappa shape index (κ2) is 57.0. The Morgan fingerprint density at radius 1 is 0.528 bits per heavy atom. The van der Waals surface area contributed by atoms with Crippen LogP contribution in [0.1, 0.15) is 140 Å². The molecule has 0 spiro atoms. The van der Waals surface area contributed by atoms with Crippen LogP contribution in [0.5, 0.6) is 5.75 Å². The SMILES string of the molecule is CC(=O)NC1C(OCCOCCNC(=O)C(CCC(=O)N(CC(=O)NCCOCCOC2OC(COC(C)=O)C(OC(C)=O)C(OC(C)O)C2NC(C)=O)CC(=O)NCCOCCOC2(NC(C)=O)COC(COC(C)=O)C(OC(C)=O)C2OC(C)=O)NC(=O)c2ccc(OP(OCCC#N)N(C(C)C)C(C)C)cc2)OC(COC(C)=O)C(OC(C)=O)C1OC(C)=O. The van der Waals surface area contributed by atoms with Crippen LogP contribution >= 0.6 is 8.53 Å². The van der Waals surface area contributed by atoms with E-state index in [0.717, 1.165) is 74.1 Å². The number of nitriles is 1. The summed E-state index contributed by atoms with van der Waals surface area (Å²) in [6.45, 7) is 14.7. The molecule has 0 bridgehead atoms. The highest BCUT2D eigenvalue weighted by atomic mass is 31.2. The molecule has 8 amide bonds. The van der Waals surface area contributed by atoms with Crippen molar-refractivity contribution >= 4 is 104 Å². The number of carbonyl (C=O) groups is 16.